The number of rotatable bonds is 15. The molecule has 0 bridgehead atoms. The minimum Gasteiger partial charge on any atom is -0.390 e. The van der Waals surface area contributed by atoms with E-state index in [4.69, 9.17) is 14.2 Å². The van der Waals surface area contributed by atoms with E-state index in [1.165, 1.54) is 0 Å². The van der Waals surface area contributed by atoms with Crippen LogP contribution in [0.2, 0.25) is 0 Å². The molecule has 1 aliphatic carbocycles. The van der Waals surface area contributed by atoms with Gasteiger partial charge in [-0.3, -0.25) is 0 Å². The highest BCUT2D eigenvalue weighted by molar-refractivity contribution is 5.05. The topological polar surface area (TPSA) is 98.3 Å². The molecule has 4 aliphatic rings. The second-order valence-electron chi connectivity index (χ2n) is 14.7. The van der Waals surface area contributed by atoms with Crippen molar-refractivity contribution in [2.45, 2.75) is 178 Å². The molecular formula is C30H54O6. The highest BCUT2D eigenvalue weighted by Crippen LogP contribution is 2.54. The van der Waals surface area contributed by atoms with Crippen LogP contribution in [0.1, 0.15) is 131 Å². The molecule has 3 N–H and O–H groups in total. The largest absolute Gasteiger partial charge is 0.390 e. The van der Waals surface area contributed by atoms with Gasteiger partial charge in [0.1, 0.15) is 0 Å². The van der Waals surface area contributed by atoms with Gasteiger partial charge in [0.25, 0.3) is 0 Å². The van der Waals surface area contributed by atoms with Crippen LogP contribution < -0.4 is 0 Å². The predicted octanol–water partition coefficient (Wildman–Crippen LogP) is 5.43. The molecule has 6 heteroatoms. The molecule has 36 heavy (non-hydrogen) atoms. The van der Waals surface area contributed by atoms with Crippen molar-refractivity contribution in [2.24, 2.45) is 5.41 Å². The molecule has 4 rings (SSSR count). The first kappa shape index (κ1) is 28.8. The molecule has 0 radical (unpaired) electrons. The summed E-state index contributed by atoms with van der Waals surface area (Å²) in [6.45, 7) is 12.9. The standard InChI is InChI=1S/C30H54O6/c1-25(2,31)12-7-14-28(6)23(36-28)11-19-30(33)17-9-16-29(21-30,24-20-34-24)15-8-13-27(5,32)18-10-22-26(3,4)35-22/h22-24,31-33H,7-21H2,1-6H3. The van der Waals surface area contributed by atoms with Gasteiger partial charge in [0.05, 0.1) is 52.9 Å². The monoisotopic (exact) mass is 510 g/mol. The van der Waals surface area contributed by atoms with E-state index < -0.39 is 16.8 Å². The molecule has 7 atom stereocenters. The third-order valence-corrected chi connectivity index (χ3v) is 9.88. The summed E-state index contributed by atoms with van der Waals surface area (Å²) in [5.74, 6) is 0. The van der Waals surface area contributed by atoms with Crippen LogP contribution in [0.5, 0.6) is 0 Å². The molecule has 3 saturated heterocycles. The number of epoxide rings is 3. The lowest BCUT2D eigenvalue weighted by Gasteiger charge is -2.45. The average Bonchev–Trinajstić information content (AvgIpc) is 3.64. The Morgan fingerprint density at radius 2 is 1.50 bits per heavy atom. The summed E-state index contributed by atoms with van der Waals surface area (Å²) in [4.78, 5) is 0. The van der Waals surface area contributed by atoms with E-state index in [0.29, 0.717) is 0 Å². The lowest BCUT2D eigenvalue weighted by atomic mass is 9.62. The van der Waals surface area contributed by atoms with Gasteiger partial charge in [-0.1, -0.05) is 0 Å². The molecule has 0 aromatic carbocycles. The molecule has 3 aliphatic heterocycles. The average molecular weight is 511 g/mol. The molecular weight excluding hydrogens is 456 g/mol. The van der Waals surface area contributed by atoms with Gasteiger partial charge in [-0.05, 0) is 131 Å². The highest BCUT2D eigenvalue weighted by Gasteiger charge is 2.55. The molecule has 0 aromatic rings. The Kier molecular flexibility index (Phi) is 8.04. The molecule has 1 saturated carbocycles. The van der Waals surface area contributed by atoms with E-state index in [1.54, 1.807) is 0 Å². The second-order valence-corrected chi connectivity index (χ2v) is 14.7. The van der Waals surface area contributed by atoms with Gasteiger partial charge in [0.15, 0.2) is 0 Å². The first-order valence-corrected chi connectivity index (χ1v) is 14.7. The Morgan fingerprint density at radius 3 is 2.11 bits per heavy atom. The lowest BCUT2D eigenvalue weighted by Crippen LogP contribution is -2.44. The molecule has 0 spiro atoms. The Balaban J connectivity index is 1.23. The summed E-state index contributed by atoms with van der Waals surface area (Å²) in [5.41, 5.74) is -2.03. The quantitative estimate of drug-likeness (QED) is 0.254. The summed E-state index contributed by atoms with van der Waals surface area (Å²) in [7, 11) is 0. The highest BCUT2D eigenvalue weighted by atomic mass is 16.6. The van der Waals surface area contributed by atoms with Crippen LogP contribution in [0.25, 0.3) is 0 Å². The maximum absolute atomic E-state index is 11.7. The van der Waals surface area contributed by atoms with Crippen molar-refractivity contribution >= 4 is 0 Å². The Bertz CT molecular complexity index is 755. The van der Waals surface area contributed by atoms with Crippen molar-refractivity contribution in [3.8, 4) is 0 Å². The van der Waals surface area contributed by atoms with Crippen LogP contribution in [0.3, 0.4) is 0 Å². The van der Waals surface area contributed by atoms with E-state index in [-0.39, 0.29) is 34.9 Å². The molecule has 0 aromatic heterocycles. The molecule has 210 valence electrons. The van der Waals surface area contributed by atoms with Crippen molar-refractivity contribution in [1.29, 1.82) is 0 Å². The second kappa shape index (κ2) is 10.1. The fourth-order valence-electron chi connectivity index (χ4n) is 7.14. The van der Waals surface area contributed by atoms with Gasteiger partial charge in [-0.15, -0.1) is 0 Å². The summed E-state index contributed by atoms with van der Waals surface area (Å²) >= 11 is 0. The maximum Gasteiger partial charge on any atom is 0.0920 e. The number of hydrogen-bond donors (Lipinski definition) is 3. The molecule has 4 fully saturated rings. The summed E-state index contributed by atoms with van der Waals surface area (Å²) in [5, 5.41) is 32.6. The van der Waals surface area contributed by atoms with Crippen molar-refractivity contribution in [3.05, 3.63) is 0 Å². The van der Waals surface area contributed by atoms with Crippen molar-refractivity contribution in [2.75, 3.05) is 6.61 Å². The van der Waals surface area contributed by atoms with Gasteiger partial charge in [0.2, 0.25) is 0 Å². The zero-order chi connectivity index (χ0) is 26.5. The van der Waals surface area contributed by atoms with Crippen LogP contribution in [0.4, 0.5) is 0 Å². The first-order valence-electron chi connectivity index (χ1n) is 14.7. The minimum absolute atomic E-state index is 0.0186. The van der Waals surface area contributed by atoms with Crippen molar-refractivity contribution in [1.82, 2.24) is 0 Å². The normalized spacial score (nSPS) is 41.1. The molecule has 6 nitrogen and oxygen atoms in total. The van der Waals surface area contributed by atoms with Gasteiger partial charge >= 0.3 is 0 Å². The zero-order valence-corrected chi connectivity index (χ0v) is 23.9. The van der Waals surface area contributed by atoms with E-state index in [1.807, 2.05) is 20.8 Å². The van der Waals surface area contributed by atoms with Gasteiger partial charge < -0.3 is 29.5 Å². The third-order valence-electron chi connectivity index (χ3n) is 9.88. The minimum atomic E-state index is -0.669. The predicted molar refractivity (Wildman–Crippen MR) is 141 cm³/mol. The molecule has 7 unspecified atom stereocenters. The van der Waals surface area contributed by atoms with Crippen LogP contribution in [0, 0.1) is 5.41 Å². The summed E-state index contributed by atoms with van der Waals surface area (Å²) in [6, 6.07) is 0. The van der Waals surface area contributed by atoms with Crippen molar-refractivity contribution in [3.63, 3.8) is 0 Å². The van der Waals surface area contributed by atoms with E-state index >= 15 is 0 Å². The smallest absolute Gasteiger partial charge is 0.0920 e. The number of ether oxygens (including phenoxy) is 3. The Morgan fingerprint density at radius 1 is 0.833 bits per heavy atom. The Labute approximate surface area is 219 Å². The Hall–Kier alpha value is -0.240. The van der Waals surface area contributed by atoms with E-state index in [9.17, 15) is 15.3 Å². The van der Waals surface area contributed by atoms with E-state index in [2.05, 4.69) is 20.8 Å². The van der Waals surface area contributed by atoms with Gasteiger partial charge in [-0.2, -0.15) is 0 Å². The van der Waals surface area contributed by atoms with Crippen LogP contribution in [0.15, 0.2) is 0 Å². The first-order chi connectivity index (χ1) is 16.6. The molecule has 3 heterocycles. The van der Waals surface area contributed by atoms with Crippen molar-refractivity contribution < 1.29 is 29.5 Å². The zero-order valence-electron chi connectivity index (χ0n) is 23.9. The van der Waals surface area contributed by atoms with Gasteiger partial charge in [0, 0.05) is 5.41 Å². The fourth-order valence-corrected chi connectivity index (χ4v) is 7.14. The number of hydrogen-bond acceptors (Lipinski definition) is 6. The van der Waals surface area contributed by atoms with E-state index in [0.717, 1.165) is 96.5 Å². The van der Waals surface area contributed by atoms with Crippen LogP contribution in [-0.2, 0) is 14.2 Å². The SMILES string of the molecule is CC(C)(O)CCCC1(C)OC1CCC1(O)CCCC(CCCC(C)(O)CCC2OC2(C)C)(C2CO2)C1. The maximum atomic E-state index is 11.7. The van der Waals surface area contributed by atoms with Crippen LogP contribution in [-0.4, -0.2) is 68.2 Å². The fraction of sp³-hybridized carbons (Fsp3) is 1.00. The third kappa shape index (κ3) is 7.66. The number of aliphatic hydroxyl groups is 3. The van der Waals surface area contributed by atoms with Crippen LogP contribution >= 0.6 is 0 Å². The summed E-state index contributed by atoms with van der Waals surface area (Å²) in [6.07, 6.45) is 13.4. The molecule has 0 amide bonds. The lowest BCUT2D eigenvalue weighted by molar-refractivity contribution is -0.0714. The van der Waals surface area contributed by atoms with Gasteiger partial charge in [-0.25, -0.2) is 0 Å². The summed E-state index contributed by atoms with van der Waals surface area (Å²) < 4.78 is 17.6.